The number of aryl methyl sites for hydroxylation is 1. The average Bonchev–Trinajstić information content (AvgIpc) is 2.36. The standard InChI is InChI=1S/C16H18FN/c1-12-4-2-5-13(10-12)16(8-9-18)14-6-3-7-15(17)11-14/h2-7,10-11,16H,8-9,18H2,1H3. The molecular weight excluding hydrogens is 225 g/mol. The molecule has 2 N–H and O–H groups in total. The predicted molar refractivity (Wildman–Crippen MR) is 73.1 cm³/mol. The van der Waals surface area contributed by atoms with E-state index in [-0.39, 0.29) is 11.7 Å². The van der Waals surface area contributed by atoms with Crippen molar-refractivity contribution < 1.29 is 4.39 Å². The molecule has 0 saturated heterocycles. The lowest BCUT2D eigenvalue weighted by Gasteiger charge is -2.17. The van der Waals surface area contributed by atoms with Crippen molar-refractivity contribution in [3.8, 4) is 0 Å². The van der Waals surface area contributed by atoms with Gasteiger partial charge in [-0.3, -0.25) is 0 Å². The minimum absolute atomic E-state index is 0.172. The van der Waals surface area contributed by atoms with E-state index < -0.39 is 0 Å². The Bertz CT molecular complexity index is 477. The molecule has 2 heteroatoms. The molecule has 0 aromatic heterocycles. The topological polar surface area (TPSA) is 26.0 Å². The molecule has 0 amide bonds. The largest absolute Gasteiger partial charge is 0.330 e. The fourth-order valence-corrected chi connectivity index (χ4v) is 2.30. The van der Waals surface area contributed by atoms with E-state index in [0.717, 1.165) is 12.0 Å². The monoisotopic (exact) mass is 243 g/mol. The van der Waals surface area contributed by atoms with E-state index in [1.165, 1.54) is 17.2 Å². The summed E-state index contributed by atoms with van der Waals surface area (Å²) in [5.74, 6) is -0.0206. The zero-order valence-corrected chi connectivity index (χ0v) is 10.6. The van der Waals surface area contributed by atoms with Crippen LogP contribution in [0.5, 0.6) is 0 Å². The van der Waals surface area contributed by atoms with Gasteiger partial charge in [0.25, 0.3) is 0 Å². The molecule has 1 unspecified atom stereocenters. The van der Waals surface area contributed by atoms with E-state index in [9.17, 15) is 4.39 Å². The Balaban J connectivity index is 2.39. The molecule has 0 aliphatic heterocycles. The first-order valence-electron chi connectivity index (χ1n) is 6.23. The highest BCUT2D eigenvalue weighted by atomic mass is 19.1. The minimum Gasteiger partial charge on any atom is -0.330 e. The third-order valence-electron chi connectivity index (χ3n) is 3.15. The highest BCUT2D eigenvalue weighted by Gasteiger charge is 2.13. The van der Waals surface area contributed by atoms with Gasteiger partial charge in [0, 0.05) is 5.92 Å². The third-order valence-corrected chi connectivity index (χ3v) is 3.15. The van der Waals surface area contributed by atoms with Gasteiger partial charge in [0.15, 0.2) is 0 Å². The van der Waals surface area contributed by atoms with Gasteiger partial charge >= 0.3 is 0 Å². The smallest absolute Gasteiger partial charge is 0.123 e. The van der Waals surface area contributed by atoms with Gasteiger partial charge in [-0.25, -0.2) is 4.39 Å². The molecule has 94 valence electrons. The number of benzene rings is 2. The molecule has 0 radical (unpaired) electrons. The lowest BCUT2D eigenvalue weighted by atomic mass is 9.88. The maximum absolute atomic E-state index is 13.3. The van der Waals surface area contributed by atoms with Crippen molar-refractivity contribution in [3.05, 3.63) is 71.0 Å². The molecule has 0 heterocycles. The Labute approximate surface area is 107 Å². The van der Waals surface area contributed by atoms with Crippen molar-refractivity contribution in [2.75, 3.05) is 6.54 Å². The summed E-state index contributed by atoms with van der Waals surface area (Å²) in [6, 6.07) is 15.1. The quantitative estimate of drug-likeness (QED) is 0.872. The van der Waals surface area contributed by atoms with Crippen molar-refractivity contribution in [1.29, 1.82) is 0 Å². The molecule has 2 aromatic rings. The predicted octanol–water partition coefficient (Wildman–Crippen LogP) is 3.61. The molecule has 0 saturated carbocycles. The van der Waals surface area contributed by atoms with Crippen molar-refractivity contribution in [2.24, 2.45) is 5.73 Å². The Hall–Kier alpha value is -1.67. The van der Waals surface area contributed by atoms with Gasteiger partial charge in [-0.2, -0.15) is 0 Å². The number of nitrogens with two attached hydrogens (primary N) is 1. The van der Waals surface area contributed by atoms with Gasteiger partial charge in [-0.15, -0.1) is 0 Å². The molecule has 0 aliphatic rings. The molecule has 0 bridgehead atoms. The summed E-state index contributed by atoms with van der Waals surface area (Å²) in [5, 5.41) is 0. The van der Waals surface area contributed by atoms with Crippen LogP contribution in [0.3, 0.4) is 0 Å². The normalized spacial score (nSPS) is 12.4. The number of hydrogen-bond acceptors (Lipinski definition) is 1. The van der Waals surface area contributed by atoms with Crippen LogP contribution in [-0.4, -0.2) is 6.54 Å². The van der Waals surface area contributed by atoms with Crippen LogP contribution in [-0.2, 0) is 0 Å². The second kappa shape index (κ2) is 5.78. The van der Waals surface area contributed by atoms with Crippen LogP contribution in [0.1, 0.15) is 29.0 Å². The lowest BCUT2D eigenvalue weighted by Crippen LogP contribution is -2.09. The van der Waals surface area contributed by atoms with Gasteiger partial charge in [-0.05, 0) is 43.1 Å². The first-order chi connectivity index (χ1) is 8.70. The summed E-state index contributed by atoms with van der Waals surface area (Å²) >= 11 is 0. The van der Waals surface area contributed by atoms with E-state index in [0.29, 0.717) is 6.54 Å². The molecule has 0 aliphatic carbocycles. The van der Waals surface area contributed by atoms with Gasteiger partial charge in [0.1, 0.15) is 5.82 Å². The molecule has 1 atom stereocenters. The lowest BCUT2D eigenvalue weighted by molar-refractivity contribution is 0.620. The van der Waals surface area contributed by atoms with Crippen LogP contribution in [0.25, 0.3) is 0 Å². The molecular formula is C16H18FN. The summed E-state index contributed by atoms with van der Waals surface area (Å²) in [7, 11) is 0. The van der Waals surface area contributed by atoms with Gasteiger partial charge < -0.3 is 5.73 Å². The maximum Gasteiger partial charge on any atom is 0.123 e. The first-order valence-corrected chi connectivity index (χ1v) is 6.23. The van der Waals surface area contributed by atoms with Crippen molar-refractivity contribution >= 4 is 0 Å². The summed E-state index contributed by atoms with van der Waals surface area (Å²) in [6.45, 7) is 2.66. The zero-order chi connectivity index (χ0) is 13.0. The molecule has 0 fully saturated rings. The van der Waals surface area contributed by atoms with Crippen LogP contribution in [0.15, 0.2) is 48.5 Å². The second-order valence-electron chi connectivity index (χ2n) is 4.60. The van der Waals surface area contributed by atoms with Gasteiger partial charge in [0.2, 0.25) is 0 Å². The summed E-state index contributed by atoms with van der Waals surface area (Å²) < 4.78 is 13.3. The molecule has 2 aromatic carbocycles. The fourth-order valence-electron chi connectivity index (χ4n) is 2.30. The Morgan fingerprint density at radius 2 is 1.72 bits per heavy atom. The van der Waals surface area contributed by atoms with Crippen LogP contribution < -0.4 is 5.73 Å². The van der Waals surface area contributed by atoms with Crippen LogP contribution in [0.2, 0.25) is 0 Å². The number of rotatable bonds is 4. The molecule has 0 spiro atoms. The van der Waals surface area contributed by atoms with Crippen LogP contribution >= 0.6 is 0 Å². The highest BCUT2D eigenvalue weighted by Crippen LogP contribution is 2.28. The molecule has 1 nitrogen and oxygen atoms in total. The van der Waals surface area contributed by atoms with E-state index in [4.69, 9.17) is 5.73 Å². The first kappa shape index (κ1) is 12.8. The van der Waals surface area contributed by atoms with E-state index in [1.807, 2.05) is 12.1 Å². The number of hydrogen-bond donors (Lipinski definition) is 1. The van der Waals surface area contributed by atoms with E-state index in [2.05, 4.69) is 25.1 Å². The van der Waals surface area contributed by atoms with Gasteiger partial charge in [-0.1, -0.05) is 42.0 Å². The summed E-state index contributed by atoms with van der Waals surface area (Å²) in [5.41, 5.74) is 9.09. The maximum atomic E-state index is 13.3. The Kier molecular flexibility index (Phi) is 4.11. The van der Waals surface area contributed by atoms with Crippen LogP contribution in [0.4, 0.5) is 4.39 Å². The second-order valence-corrected chi connectivity index (χ2v) is 4.60. The van der Waals surface area contributed by atoms with E-state index >= 15 is 0 Å². The Morgan fingerprint density at radius 3 is 2.33 bits per heavy atom. The zero-order valence-electron chi connectivity index (χ0n) is 10.6. The molecule has 18 heavy (non-hydrogen) atoms. The van der Waals surface area contributed by atoms with Crippen LogP contribution in [0, 0.1) is 12.7 Å². The molecule has 2 rings (SSSR count). The fraction of sp³-hybridized carbons (Fsp3) is 0.250. The highest BCUT2D eigenvalue weighted by molar-refractivity contribution is 5.34. The third kappa shape index (κ3) is 2.96. The van der Waals surface area contributed by atoms with Crippen molar-refractivity contribution in [2.45, 2.75) is 19.3 Å². The van der Waals surface area contributed by atoms with Gasteiger partial charge in [0.05, 0.1) is 0 Å². The summed E-state index contributed by atoms with van der Waals surface area (Å²) in [6.07, 6.45) is 0.826. The number of halogens is 1. The van der Waals surface area contributed by atoms with E-state index in [1.54, 1.807) is 12.1 Å². The minimum atomic E-state index is -0.192. The van der Waals surface area contributed by atoms with Crippen molar-refractivity contribution in [1.82, 2.24) is 0 Å². The average molecular weight is 243 g/mol. The SMILES string of the molecule is Cc1cccc(C(CCN)c2cccc(F)c2)c1. The summed E-state index contributed by atoms with van der Waals surface area (Å²) in [4.78, 5) is 0. The Morgan fingerprint density at radius 1 is 1.06 bits per heavy atom. The van der Waals surface area contributed by atoms with Crippen molar-refractivity contribution in [3.63, 3.8) is 0 Å².